The number of benzene rings is 1. The molecule has 1 aromatic carbocycles. The molecule has 4 nitrogen and oxygen atoms in total. The zero-order valence-corrected chi connectivity index (χ0v) is 11.1. The number of nitrogens with one attached hydrogen (secondary N) is 1. The number of amides is 1. The van der Waals surface area contributed by atoms with E-state index in [-0.39, 0.29) is 11.8 Å². The van der Waals surface area contributed by atoms with E-state index < -0.39 is 0 Å². The third-order valence-electron chi connectivity index (χ3n) is 3.04. The van der Waals surface area contributed by atoms with E-state index in [1.807, 2.05) is 25.1 Å². The molecule has 0 aliphatic carbocycles. The van der Waals surface area contributed by atoms with E-state index in [2.05, 4.69) is 5.32 Å². The van der Waals surface area contributed by atoms with Crippen molar-refractivity contribution >= 4 is 11.8 Å². The van der Waals surface area contributed by atoms with Crippen LogP contribution in [0.25, 0.3) is 0 Å². The van der Waals surface area contributed by atoms with Gasteiger partial charge in [-0.2, -0.15) is 5.26 Å². The summed E-state index contributed by atoms with van der Waals surface area (Å²) in [4.78, 5) is 12.0. The maximum absolute atomic E-state index is 12.0. The van der Waals surface area contributed by atoms with Crippen LogP contribution in [0.1, 0.15) is 32.8 Å². The predicted molar refractivity (Wildman–Crippen MR) is 72.0 cm³/mol. The average molecular weight is 254 g/mol. The Morgan fingerprint density at radius 3 is 2.42 bits per heavy atom. The fraction of sp³-hybridized carbons (Fsp3) is 0.200. The summed E-state index contributed by atoms with van der Waals surface area (Å²) in [5.74, 6) is 0.559. The van der Waals surface area contributed by atoms with Crippen LogP contribution in [-0.4, -0.2) is 5.91 Å². The van der Waals surface area contributed by atoms with E-state index in [0.29, 0.717) is 16.9 Å². The van der Waals surface area contributed by atoms with Gasteiger partial charge >= 0.3 is 0 Å². The number of anilines is 1. The summed E-state index contributed by atoms with van der Waals surface area (Å²) < 4.78 is 5.40. The Bertz CT molecular complexity index is 661. The lowest BCUT2D eigenvalue weighted by Gasteiger charge is -2.03. The fourth-order valence-corrected chi connectivity index (χ4v) is 1.73. The first-order chi connectivity index (χ1) is 9.02. The highest BCUT2D eigenvalue weighted by molar-refractivity contribution is 6.04. The van der Waals surface area contributed by atoms with Crippen LogP contribution in [0.3, 0.4) is 0 Å². The van der Waals surface area contributed by atoms with Gasteiger partial charge in [-0.1, -0.05) is 17.7 Å². The van der Waals surface area contributed by atoms with Crippen LogP contribution >= 0.6 is 0 Å². The minimum absolute atomic E-state index is 0.211. The van der Waals surface area contributed by atoms with Crippen LogP contribution in [0.5, 0.6) is 0 Å². The van der Waals surface area contributed by atoms with Gasteiger partial charge in [0, 0.05) is 11.1 Å². The minimum Gasteiger partial charge on any atom is -0.444 e. The number of hydrogen-bond acceptors (Lipinski definition) is 3. The molecular formula is C15H14N2O2. The van der Waals surface area contributed by atoms with Crippen molar-refractivity contribution in [2.24, 2.45) is 0 Å². The lowest BCUT2D eigenvalue weighted by Crippen LogP contribution is -2.12. The summed E-state index contributed by atoms with van der Waals surface area (Å²) in [6.07, 6.45) is 0. The molecule has 0 aliphatic rings. The average Bonchev–Trinajstić information content (AvgIpc) is 2.65. The van der Waals surface area contributed by atoms with Crippen molar-refractivity contribution in [3.05, 3.63) is 52.3 Å². The highest BCUT2D eigenvalue weighted by Gasteiger charge is 2.17. The number of hydrogen-bond donors (Lipinski definition) is 1. The number of carbonyl (C=O) groups is 1. The Balaban J connectivity index is 2.27. The SMILES string of the molecule is Cc1ccc(C(=O)Nc2oc(C)c(C)c2C#N)cc1. The van der Waals surface area contributed by atoms with Crippen molar-refractivity contribution in [3.8, 4) is 6.07 Å². The number of aryl methyl sites for hydroxylation is 2. The van der Waals surface area contributed by atoms with Gasteiger partial charge in [-0.05, 0) is 32.9 Å². The van der Waals surface area contributed by atoms with Gasteiger partial charge in [0.1, 0.15) is 17.4 Å². The molecule has 0 aliphatic heterocycles. The molecule has 0 fully saturated rings. The normalized spacial score (nSPS) is 10.0. The molecule has 96 valence electrons. The summed E-state index contributed by atoms with van der Waals surface area (Å²) >= 11 is 0. The second-order valence-electron chi connectivity index (χ2n) is 4.42. The molecule has 1 N–H and O–H groups in total. The summed E-state index contributed by atoms with van der Waals surface area (Å²) in [5.41, 5.74) is 2.74. The molecule has 1 heterocycles. The summed E-state index contributed by atoms with van der Waals surface area (Å²) in [7, 11) is 0. The third kappa shape index (κ3) is 2.50. The Labute approximate surface area is 111 Å². The highest BCUT2D eigenvalue weighted by atomic mass is 16.4. The molecule has 2 aromatic rings. The maximum Gasteiger partial charge on any atom is 0.258 e. The molecule has 0 bridgehead atoms. The summed E-state index contributed by atoms with van der Waals surface area (Å²) in [5, 5.41) is 11.7. The minimum atomic E-state index is -0.287. The Morgan fingerprint density at radius 2 is 1.84 bits per heavy atom. The molecule has 0 saturated heterocycles. The van der Waals surface area contributed by atoms with E-state index in [0.717, 1.165) is 11.1 Å². The van der Waals surface area contributed by atoms with Gasteiger partial charge in [-0.15, -0.1) is 0 Å². The van der Waals surface area contributed by atoms with Crippen molar-refractivity contribution in [2.45, 2.75) is 20.8 Å². The molecule has 0 radical (unpaired) electrons. The topological polar surface area (TPSA) is 66.0 Å². The number of carbonyl (C=O) groups excluding carboxylic acids is 1. The fourth-order valence-electron chi connectivity index (χ4n) is 1.73. The predicted octanol–water partition coefficient (Wildman–Crippen LogP) is 3.33. The Kier molecular flexibility index (Phi) is 3.39. The lowest BCUT2D eigenvalue weighted by molar-refractivity contribution is 0.102. The molecule has 0 saturated carbocycles. The Hall–Kier alpha value is -2.54. The van der Waals surface area contributed by atoms with Crippen LogP contribution < -0.4 is 5.32 Å². The molecule has 2 rings (SSSR count). The van der Waals surface area contributed by atoms with Crippen LogP contribution in [0.2, 0.25) is 0 Å². The van der Waals surface area contributed by atoms with Crippen molar-refractivity contribution in [3.63, 3.8) is 0 Å². The van der Waals surface area contributed by atoms with E-state index >= 15 is 0 Å². The molecule has 0 atom stereocenters. The molecular weight excluding hydrogens is 240 g/mol. The number of rotatable bonds is 2. The van der Waals surface area contributed by atoms with Crippen molar-refractivity contribution in [1.82, 2.24) is 0 Å². The van der Waals surface area contributed by atoms with Gasteiger partial charge in [-0.25, -0.2) is 0 Å². The van der Waals surface area contributed by atoms with Crippen LogP contribution in [0.15, 0.2) is 28.7 Å². The Morgan fingerprint density at radius 1 is 1.21 bits per heavy atom. The molecule has 1 amide bonds. The van der Waals surface area contributed by atoms with Crippen LogP contribution in [-0.2, 0) is 0 Å². The number of nitrogens with zero attached hydrogens (tertiary/aromatic N) is 1. The van der Waals surface area contributed by atoms with E-state index in [9.17, 15) is 4.79 Å². The molecule has 1 aromatic heterocycles. The lowest BCUT2D eigenvalue weighted by atomic mass is 10.1. The van der Waals surface area contributed by atoms with Gasteiger partial charge in [0.15, 0.2) is 0 Å². The largest absolute Gasteiger partial charge is 0.444 e. The maximum atomic E-state index is 12.0. The smallest absolute Gasteiger partial charge is 0.258 e. The van der Waals surface area contributed by atoms with Gasteiger partial charge in [-0.3, -0.25) is 10.1 Å². The van der Waals surface area contributed by atoms with Gasteiger partial charge in [0.2, 0.25) is 5.88 Å². The van der Waals surface area contributed by atoms with Crippen molar-refractivity contribution in [1.29, 1.82) is 5.26 Å². The molecule has 0 unspecified atom stereocenters. The molecule has 0 spiro atoms. The quantitative estimate of drug-likeness (QED) is 0.893. The molecule has 19 heavy (non-hydrogen) atoms. The van der Waals surface area contributed by atoms with Crippen LogP contribution in [0.4, 0.5) is 5.88 Å². The third-order valence-corrected chi connectivity index (χ3v) is 3.04. The van der Waals surface area contributed by atoms with Gasteiger partial charge in [0.05, 0.1) is 0 Å². The van der Waals surface area contributed by atoms with E-state index in [4.69, 9.17) is 9.68 Å². The summed E-state index contributed by atoms with van der Waals surface area (Å²) in [6.45, 7) is 5.51. The second-order valence-corrected chi connectivity index (χ2v) is 4.42. The van der Waals surface area contributed by atoms with Crippen molar-refractivity contribution < 1.29 is 9.21 Å². The molecule has 4 heteroatoms. The van der Waals surface area contributed by atoms with Gasteiger partial charge < -0.3 is 4.42 Å². The van der Waals surface area contributed by atoms with E-state index in [1.54, 1.807) is 26.0 Å². The van der Waals surface area contributed by atoms with Crippen molar-refractivity contribution in [2.75, 3.05) is 5.32 Å². The van der Waals surface area contributed by atoms with Crippen LogP contribution in [0, 0.1) is 32.1 Å². The monoisotopic (exact) mass is 254 g/mol. The first kappa shape index (κ1) is 12.9. The zero-order chi connectivity index (χ0) is 14.0. The number of furan rings is 1. The first-order valence-corrected chi connectivity index (χ1v) is 5.91. The highest BCUT2D eigenvalue weighted by Crippen LogP contribution is 2.25. The van der Waals surface area contributed by atoms with Gasteiger partial charge in [0.25, 0.3) is 5.91 Å². The summed E-state index contributed by atoms with van der Waals surface area (Å²) in [6, 6.07) is 9.23. The van der Waals surface area contributed by atoms with E-state index in [1.165, 1.54) is 0 Å². The first-order valence-electron chi connectivity index (χ1n) is 5.91. The second kappa shape index (κ2) is 4.99. The zero-order valence-electron chi connectivity index (χ0n) is 11.1. The number of nitriles is 1. The standard InChI is InChI=1S/C15H14N2O2/c1-9-4-6-12(7-5-9)14(18)17-15-13(8-16)10(2)11(3)19-15/h4-7H,1-3H3,(H,17,18).